The molecular weight excluding hydrogens is 370 g/mol. The molecule has 0 fully saturated rings. The highest BCUT2D eigenvalue weighted by molar-refractivity contribution is 8.12. The van der Waals surface area contributed by atoms with Crippen LogP contribution in [0.5, 0.6) is 11.5 Å². The number of imidazole rings is 1. The fourth-order valence-electron chi connectivity index (χ4n) is 2.82. The summed E-state index contributed by atoms with van der Waals surface area (Å²) in [4.78, 5) is 12.1. The summed E-state index contributed by atoms with van der Waals surface area (Å²) >= 11 is 1.81. The SMILES string of the molecule is COc1ccc2nc(COc3ccc(CC4CN=CS4)cc3)[nH]c2c1.Cl. The summed E-state index contributed by atoms with van der Waals surface area (Å²) in [7, 11) is 1.66. The number of nitrogens with zero attached hydrogens (tertiary/aromatic N) is 2. The Morgan fingerprint density at radius 2 is 1.96 bits per heavy atom. The minimum absolute atomic E-state index is 0. The molecule has 0 saturated heterocycles. The number of rotatable bonds is 6. The number of aromatic amines is 1. The van der Waals surface area contributed by atoms with Gasteiger partial charge in [0.2, 0.25) is 0 Å². The molecule has 2 heterocycles. The number of halogens is 1. The van der Waals surface area contributed by atoms with Gasteiger partial charge in [0.15, 0.2) is 0 Å². The molecule has 3 aromatic rings. The van der Waals surface area contributed by atoms with E-state index in [1.165, 1.54) is 5.56 Å². The third-order valence-corrected chi connectivity index (χ3v) is 5.11. The van der Waals surface area contributed by atoms with E-state index in [1.54, 1.807) is 7.11 Å². The lowest BCUT2D eigenvalue weighted by Gasteiger charge is -2.09. The Balaban J connectivity index is 0.00000196. The van der Waals surface area contributed by atoms with Gasteiger partial charge in [0.25, 0.3) is 0 Å². The highest BCUT2D eigenvalue weighted by atomic mass is 35.5. The third kappa shape index (κ3) is 4.31. The number of methoxy groups -OCH3 is 1. The third-order valence-electron chi connectivity index (χ3n) is 4.14. The molecule has 1 aromatic heterocycles. The van der Waals surface area contributed by atoms with Crippen LogP contribution in [0.25, 0.3) is 11.0 Å². The van der Waals surface area contributed by atoms with Crippen molar-refractivity contribution in [2.75, 3.05) is 13.7 Å². The van der Waals surface area contributed by atoms with E-state index in [0.717, 1.165) is 41.3 Å². The number of aliphatic imine (C=N–C) groups is 1. The molecule has 0 bridgehead atoms. The summed E-state index contributed by atoms with van der Waals surface area (Å²) < 4.78 is 11.1. The molecule has 0 aliphatic carbocycles. The van der Waals surface area contributed by atoms with Crippen LogP contribution in [-0.4, -0.2) is 34.4 Å². The number of aromatic nitrogens is 2. The molecule has 0 saturated carbocycles. The van der Waals surface area contributed by atoms with Crippen molar-refractivity contribution >= 4 is 40.7 Å². The van der Waals surface area contributed by atoms with Gasteiger partial charge in [-0.15, -0.1) is 24.2 Å². The number of benzene rings is 2. The number of hydrogen-bond donors (Lipinski definition) is 1. The first-order valence-corrected chi connectivity index (χ1v) is 9.12. The zero-order valence-corrected chi connectivity index (χ0v) is 16.0. The standard InChI is InChI=1S/C19H19N3O2S.ClH/c1-23-15-6-7-17-18(9-15)22-19(21-17)11-24-14-4-2-13(3-5-14)8-16-10-20-12-25-16;/h2-7,9,12,16H,8,10-11H2,1H3,(H,21,22);1H. The van der Waals surface area contributed by atoms with Crippen LogP contribution >= 0.6 is 24.2 Å². The first-order chi connectivity index (χ1) is 12.3. The van der Waals surface area contributed by atoms with Gasteiger partial charge in [-0.1, -0.05) is 12.1 Å². The molecular formula is C19H20ClN3O2S. The maximum absolute atomic E-state index is 5.85. The minimum atomic E-state index is 0. The number of thioether (sulfide) groups is 1. The monoisotopic (exact) mass is 389 g/mol. The summed E-state index contributed by atoms with van der Waals surface area (Å²) in [5.74, 6) is 2.45. The Morgan fingerprint density at radius 1 is 1.15 bits per heavy atom. The number of hydrogen-bond acceptors (Lipinski definition) is 5. The van der Waals surface area contributed by atoms with Crippen LogP contribution in [0.1, 0.15) is 11.4 Å². The maximum Gasteiger partial charge on any atom is 0.146 e. The normalized spacial score (nSPS) is 15.8. The first kappa shape index (κ1) is 18.6. The van der Waals surface area contributed by atoms with Crippen LogP contribution in [0, 0.1) is 0 Å². The van der Waals surface area contributed by atoms with Crippen molar-refractivity contribution in [1.82, 2.24) is 9.97 Å². The maximum atomic E-state index is 5.85. The number of ether oxygens (including phenoxy) is 2. The number of H-pyrrole nitrogens is 1. The van der Waals surface area contributed by atoms with E-state index in [0.29, 0.717) is 11.9 Å². The molecule has 1 N–H and O–H groups in total. The van der Waals surface area contributed by atoms with E-state index in [9.17, 15) is 0 Å². The lowest BCUT2D eigenvalue weighted by Crippen LogP contribution is -2.06. The Labute approximate surface area is 162 Å². The molecule has 5 nitrogen and oxygen atoms in total. The van der Waals surface area contributed by atoms with E-state index in [2.05, 4.69) is 27.1 Å². The molecule has 1 unspecified atom stereocenters. The molecule has 0 radical (unpaired) electrons. The van der Waals surface area contributed by atoms with E-state index in [-0.39, 0.29) is 12.4 Å². The van der Waals surface area contributed by atoms with E-state index >= 15 is 0 Å². The number of nitrogens with one attached hydrogen (secondary N) is 1. The second-order valence-corrected chi connectivity index (χ2v) is 7.08. The second-order valence-electron chi connectivity index (χ2n) is 5.93. The second kappa shape index (κ2) is 8.47. The van der Waals surface area contributed by atoms with Crippen molar-refractivity contribution < 1.29 is 9.47 Å². The van der Waals surface area contributed by atoms with Crippen molar-refractivity contribution in [3.63, 3.8) is 0 Å². The van der Waals surface area contributed by atoms with Gasteiger partial charge in [-0.05, 0) is 36.2 Å². The molecule has 1 atom stereocenters. The van der Waals surface area contributed by atoms with Crippen molar-refractivity contribution in [3.05, 3.63) is 53.9 Å². The van der Waals surface area contributed by atoms with Gasteiger partial charge in [-0.3, -0.25) is 4.99 Å². The summed E-state index contributed by atoms with van der Waals surface area (Å²) in [6, 6.07) is 14.1. The van der Waals surface area contributed by atoms with Crippen LogP contribution in [0.15, 0.2) is 47.5 Å². The predicted molar refractivity (Wildman–Crippen MR) is 109 cm³/mol. The van der Waals surface area contributed by atoms with Gasteiger partial charge in [0.1, 0.15) is 23.9 Å². The Bertz CT molecular complexity index is 887. The fraction of sp³-hybridized carbons (Fsp3) is 0.263. The summed E-state index contributed by atoms with van der Waals surface area (Å²) in [5.41, 5.74) is 5.12. The van der Waals surface area contributed by atoms with E-state index < -0.39 is 0 Å². The minimum Gasteiger partial charge on any atom is -0.497 e. The molecule has 26 heavy (non-hydrogen) atoms. The molecule has 2 aromatic carbocycles. The van der Waals surface area contributed by atoms with Crippen LogP contribution in [0.2, 0.25) is 0 Å². The fourth-order valence-corrected chi connectivity index (χ4v) is 3.62. The smallest absolute Gasteiger partial charge is 0.146 e. The van der Waals surface area contributed by atoms with E-state index in [4.69, 9.17) is 9.47 Å². The van der Waals surface area contributed by atoms with Crippen LogP contribution in [-0.2, 0) is 13.0 Å². The van der Waals surface area contributed by atoms with Crippen molar-refractivity contribution in [2.24, 2.45) is 4.99 Å². The van der Waals surface area contributed by atoms with Crippen LogP contribution in [0.3, 0.4) is 0 Å². The van der Waals surface area contributed by atoms with Crippen LogP contribution < -0.4 is 9.47 Å². The van der Waals surface area contributed by atoms with Gasteiger partial charge in [-0.25, -0.2) is 4.98 Å². The molecule has 4 rings (SSSR count). The van der Waals surface area contributed by atoms with Gasteiger partial charge >= 0.3 is 0 Å². The summed E-state index contributed by atoms with van der Waals surface area (Å²) in [5, 5.41) is 0.569. The van der Waals surface area contributed by atoms with Crippen LogP contribution in [0.4, 0.5) is 0 Å². The zero-order chi connectivity index (χ0) is 17.1. The Hall–Kier alpha value is -2.18. The summed E-state index contributed by atoms with van der Waals surface area (Å²) in [6.45, 7) is 1.32. The topological polar surface area (TPSA) is 59.5 Å². The molecule has 136 valence electrons. The molecule has 1 aliphatic rings. The van der Waals surface area contributed by atoms with Gasteiger partial charge in [0, 0.05) is 11.3 Å². The lowest BCUT2D eigenvalue weighted by molar-refractivity contribution is 0.297. The predicted octanol–water partition coefficient (Wildman–Crippen LogP) is 4.26. The molecule has 1 aliphatic heterocycles. The van der Waals surface area contributed by atoms with Gasteiger partial charge in [0.05, 0.1) is 30.2 Å². The Kier molecular flexibility index (Phi) is 6.06. The van der Waals surface area contributed by atoms with Gasteiger partial charge in [-0.2, -0.15) is 0 Å². The average Bonchev–Trinajstić information content (AvgIpc) is 3.29. The number of fused-ring (bicyclic) bond motifs is 1. The van der Waals surface area contributed by atoms with Crippen molar-refractivity contribution in [3.8, 4) is 11.5 Å². The average molecular weight is 390 g/mol. The quantitative estimate of drug-likeness (QED) is 0.684. The van der Waals surface area contributed by atoms with Crippen molar-refractivity contribution in [2.45, 2.75) is 18.3 Å². The molecule has 0 amide bonds. The van der Waals surface area contributed by atoms with Gasteiger partial charge < -0.3 is 14.5 Å². The first-order valence-electron chi connectivity index (χ1n) is 8.18. The van der Waals surface area contributed by atoms with E-state index in [1.807, 2.05) is 47.6 Å². The molecule has 0 spiro atoms. The Morgan fingerprint density at radius 3 is 2.69 bits per heavy atom. The van der Waals surface area contributed by atoms with Crippen molar-refractivity contribution in [1.29, 1.82) is 0 Å². The summed E-state index contributed by atoms with van der Waals surface area (Å²) in [6.07, 6.45) is 1.04. The largest absolute Gasteiger partial charge is 0.497 e. The highest BCUT2D eigenvalue weighted by Crippen LogP contribution is 2.22. The zero-order valence-electron chi connectivity index (χ0n) is 14.3. The lowest BCUT2D eigenvalue weighted by atomic mass is 10.1. The highest BCUT2D eigenvalue weighted by Gasteiger charge is 2.12. The molecule has 7 heteroatoms.